The predicted molar refractivity (Wildman–Crippen MR) is 65.4 cm³/mol. The quantitative estimate of drug-likeness (QED) is 0.478. The number of carbonyl (C=O) groups is 1. The van der Waals surface area contributed by atoms with E-state index in [1.807, 2.05) is 0 Å². The lowest BCUT2D eigenvalue weighted by Gasteiger charge is -2.08. The van der Waals surface area contributed by atoms with E-state index in [2.05, 4.69) is 4.74 Å². The van der Waals surface area contributed by atoms with Crippen LogP contribution >= 0.6 is 22.9 Å². The Labute approximate surface area is 119 Å². The maximum Gasteiger partial charge on any atom is 0.210 e. The fourth-order valence-corrected chi connectivity index (χ4v) is 2.32. The average Bonchev–Trinajstić information content (AvgIpc) is 2.83. The second kappa shape index (κ2) is 5.80. The zero-order chi connectivity index (χ0) is 14.9. The van der Waals surface area contributed by atoms with Crippen LogP contribution in [0, 0.1) is 23.3 Å². The first-order valence-electron chi connectivity index (χ1n) is 5.14. The molecule has 1 aromatic heterocycles. The van der Waals surface area contributed by atoms with E-state index in [-0.39, 0.29) is 10.9 Å². The van der Waals surface area contributed by atoms with Crippen molar-refractivity contribution in [1.29, 1.82) is 0 Å². The van der Waals surface area contributed by atoms with Crippen LogP contribution in [0.2, 0.25) is 4.34 Å². The molecular formula is C12H5ClF4O2S. The number of rotatable bonds is 4. The number of ether oxygens (including phenoxy) is 1. The largest absolute Gasteiger partial charge is 0.479 e. The standard InChI is InChI=1S/C12H5ClF4O2S/c13-9-2-1-8(20-9)7(18)4-19-12-10(16)5(14)3-6(15)11(12)17/h1-3H,4H2. The highest BCUT2D eigenvalue weighted by atomic mass is 35.5. The molecule has 0 aliphatic heterocycles. The molecule has 0 saturated heterocycles. The first-order valence-corrected chi connectivity index (χ1v) is 6.34. The van der Waals surface area contributed by atoms with Crippen LogP contribution in [0.3, 0.4) is 0 Å². The van der Waals surface area contributed by atoms with E-state index in [1.165, 1.54) is 12.1 Å². The van der Waals surface area contributed by atoms with Gasteiger partial charge in [-0.15, -0.1) is 11.3 Å². The Balaban J connectivity index is 2.17. The number of halogens is 5. The van der Waals surface area contributed by atoms with Crippen molar-refractivity contribution in [3.63, 3.8) is 0 Å². The van der Waals surface area contributed by atoms with Gasteiger partial charge < -0.3 is 4.74 Å². The summed E-state index contributed by atoms with van der Waals surface area (Å²) >= 11 is 6.57. The third-order valence-electron chi connectivity index (χ3n) is 2.27. The van der Waals surface area contributed by atoms with Crippen molar-refractivity contribution in [2.75, 3.05) is 6.61 Å². The van der Waals surface area contributed by atoms with E-state index in [9.17, 15) is 22.4 Å². The molecule has 0 bridgehead atoms. The highest BCUT2D eigenvalue weighted by Crippen LogP contribution is 2.27. The Kier molecular flexibility index (Phi) is 4.29. The van der Waals surface area contributed by atoms with Gasteiger partial charge in [-0.3, -0.25) is 4.79 Å². The Morgan fingerprint density at radius 3 is 2.25 bits per heavy atom. The number of carbonyl (C=O) groups excluding carboxylic acids is 1. The minimum atomic E-state index is -1.69. The average molecular weight is 325 g/mol. The minimum absolute atomic E-state index is 0.0540. The summed E-state index contributed by atoms with van der Waals surface area (Å²) in [6.07, 6.45) is 0. The number of benzene rings is 1. The molecule has 0 radical (unpaired) electrons. The molecular weight excluding hydrogens is 320 g/mol. The number of hydrogen-bond donors (Lipinski definition) is 0. The third-order valence-corrected chi connectivity index (χ3v) is 3.54. The number of thiophene rings is 1. The van der Waals surface area contributed by atoms with Crippen LogP contribution < -0.4 is 4.74 Å². The normalized spacial score (nSPS) is 10.7. The minimum Gasteiger partial charge on any atom is -0.479 e. The van der Waals surface area contributed by atoms with E-state index in [0.29, 0.717) is 4.34 Å². The molecule has 2 rings (SSSR count). The van der Waals surface area contributed by atoms with E-state index in [1.54, 1.807) is 0 Å². The Bertz CT molecular complexity index is 645. The van der Waals surface area contributed by atoms with Crippen molar-refractivity contribution in [1.82, 2.24) is 0 Å². The van der Waals surface area contributed by atoms with Gasteiger partial charge in [0.2, 0.25) is 17.4 Å². The number of hydrogen-bond acceptors (Lipinski definition) is 3. The fourth-order valence-electron chi connectivity index (χ4n) is 1.35. The lowest BCUT2D eigenvalue weighted by atomic mass is 10.3. The summed E-state index contributed by atoms with van der Waals surface area (Å²) < 4.78 is 57.2. The Morgan fingerprint density at radius 2 is 1.75 bits per heavy atom. The molecule has 0 aliphatic rings. The first-order chi connectivity index (χ1) is 9.40. The van der Waals surface area contributed by atoms with Gasteiger partial charge in [0.05, 0.1) is 9.21 Å². The SMILES string of the molecule is O=C(COc1c(F)c(F)cc(F)c1F)c1ccc(Cl)s1. The van der Waals surface area contributed by atoms with E-state index < -0.39 is 41.4 Å². The fraction of sp³-hybridized carbons (Fsp3) is 0.0833. The second-order valence-corrected chi connectivity index (χ2v) is 5.33. The molecule has 8 heteroatoms. The molecule has 0 aliphatic carbocycles. The number of Topliss-reactive ketones (excluding diaryl/α,β-unsaturated/α-hetero) is 1. The van der Waals surface area contributed by atoms with Gasteiger partial charge >= 0.3 is 0 Å². The van der Waals surface area contributed by atoms with Crippen molar-refractivity contribution in [2.24, 2.45) is 0 Å². The van der Waals surface area contributed by atoms with E-state index >= 15 is 0 Å². The summed E-state index contributed by atoms with van der Waals surface area (Å²) in [5.41, 5.74) is 0. The van der Waals surface area contributed by atoms with Crippen molar-refractivity contribution in [3.05, 3.63) is 50.7 Å². The first kappa shape index (κ1) is 14.8. The van der Waals surface area contributed by atoms with Gasteiger partial charge in [0.25, 0.3) is 0 Å². The van der Waals surface area contributed by atoms with Gasteiger partial charge in [-0.1, -0.05) is 11.6 Å². The molecule has 0 spiro atoms. The van der Waals surface area contributed by atoms with Gasteiger partial charge in [-0.25, -0.2) is 8.78 Å². The topological polar surface area (TPSA) is 26.3 Å². The lowest BCUT2D eigenvalue weighted by molar-refractivity contribution is 0.0918. The highest BCUT2D eigenvalue weighted by Gasteiger charge is 2.21. The van der Waals surface area contributed by atoms with Crippen LogP contribution in [0.25, 0.3) is 0 Å². The summed E-state index contributed by atoms with van der Waals surface area (Å²) in [4.78, 5) is 11.8. The second-order valence-electron chi connectivity index (χ2n) is 3.61. The molecule has 0 N–H and O–H groups in total. The van der Waals surface area contributed by atoms with Crippen LogP contribution in [0.15, 0.2) is 18.2 Å². The maximum absolute atomic E-state index is 13.3. The van der Waals surface area contributed by atoms with Crippen LogP contribution in [0.1, 0.15) is 9.67 Å². The molecule has 0 amide bonds. The van der Waals surface area contributed by atoms with Gasteiger partial charge in [0.15, 0.2) is 24.0 Å². The van der Waals surface area contributed by atoms with Gasteiger partial charge in [-0.05, 0) is 12.1 Å². The summed E-state index contributed by atoms with van der Waals surface area (Å²) in [6, 6.07) is 2.92. The van der Waals surface area contributed by atoms with Crippen LogP contribution in [0.5, 0.6) is 5.75 Å². The Morgan fingerprint density at radius 1 is 1.15 bits per heavy atom. The van der Waals surface area contributed by atoms with Crippen molar-refractivity contribution in [3.8, 4) is 5.75 Å². The number of ketones is 1. The lowest BCUT2D eigenvalue weighted by Crippen LogP contribution is -2.13. The third kappa shape index (κ3) is 2.94. The zero-order valence-corrected chi connectivity index (χ0v) is 11.1. The summed E-state index contributed by atoms with van der Waals surface area (Å²) in [5.74, 6) is -8.48. The summed E-state index contributed by atoms with van der Waals surface area (Å²) in [6.45, 7) is -0.770. The maximum atomic E-state index is 13.3. The molecule has 0 saturated carbocycles. The van der Waals surface area contributed by atoms with Crippen LogP contribution in [-0.2, 0) is 0 Å². The molecule has 2 aromatic rings. The summed E-state index contributed by atoms with van der Waals surface area (Å²) in [5, 5.41) is 0. The molecule has 1 aromatic carbocycles. The van der Waals surface area contributed by atoms with E-state index in [4.69, 9.17) is 11.6 Å². The monoisotopic (exact) mass is 324 g/mol. The van der Waals surface area contributed by atoms with Gasteiger partial charge in [0, 0.05) is 6.07 Å². The van der Waals surface area contributed by atoms with Crippen molar-refractivity contribution < 1.29 is 27.1 Å². The smallest absolute Gasteiger partial charge is 0.210 e. The highest BCUT2D eigenvalue weighted by molar-refractivity contribution is 7.18. The molecule has 106 valence electrons. The molecule has 0 unspecified atom stereocenters. The van der Waals surface area contributed by atoms with Crippen molar-refractivity contribution in [2.45, 2.75) is 0 Å². The Hall–Kier alpha value is -1.60. The van der Waals surface area contributed by atoms with Crippen molar-refractivity contribution >= 4 is 28.7 Å². The molecule has 0 atom stereocenters. The van der Waals surface area contributed by atoms with Gasteiger partial charge in [0.1, 0.15) is 0 Å². The molecule has 1 heterocycles. The molecule has 2 nitrogen and oxygen atoms in total. The molecule has 20 heavy (non-hydrogen) atoms. The van der Waals surface area contributed by atoms with Crippen LogP contribution in [-0.4, -0.2) is 12.4 Å². The summed E-state index contributed by atoms with van der Waals surface area (Å²) in [7, 11) is 0. The van der Waals surface area contributed by atoms with Crippen LogP contribution in [0.4, 0.5) is 17.6 Å². The van der Waals surface area contributed by atoms with Gasteiger partial charge in [-0.2, -0.15) is 8.78 Å². The molecule has 0 fully saturated rings. The van der Waals surface area contributed by atoms with E-state index in [0.717, 1.165) is 11.3 Å². The zero-order valence-electron chi connectivity index (χ0n) is 9.55. The predicted octanol–water partition coefficient (Wildman–Crippen LogP) is 4.22.